The van der Waals surface area contributed by atoms with Crippen LogP contribution in [0.1, 0.15) is 50.9 Å². The fourth-order valence-electron chi connectivity index (χ4n) is 3.35. The topological polar surface area (TPSA) is 91.9 Å². The fourth-order valence-corrected chi connectivity index (χ4v) is 5.21. The van der Waals surface area contributed by atoms with Gasteiger partial charge in [-0.2, -0.15) is 0 Å². The molecule has 1 heterocycles. The second-order valence-electron chi connectivity index (χ2n) is 6.86. The standard InChI is InChI=1S/C19H25N3O3S/c1-14(19-20-13-17(22-19)15-7-3-2-4-8-15)21-18(23)11-12-26(24,25)16-9-5-6-10-16/h2-4,7-8,13-14,16H,5-6,9-12H2,1H3,(H,20,22)(H,21,23)/t14-/m1/s1. The van der Waals surface area contributed by atoms with Crippen molar-refractivity contribution in [2.45, 2.75) is 50.3 Å². The van der Waals surface area contributed by atoms with Crippen molar-refractivity contribution < 1.29 is 13.2 Å². The highest BCUT2D eigenvalue weighted by Crippen LogP contribution is 2.25. The molecule has 1 aromatic heterocycles. The van der Waals surface area contributed by atoms with Gasteiger partial charge in [0.1, 0.15) is 5.82 Å². The van der Waals surface area contributed by atoms with Gasteiger partial charge >= 0.3 is 0 Å². The number of nitrogens with one attached hydrogen (secondary N) is 2. The molecule has 0 unspecified atom stereocenters. The van der Waals surface area contributed by atoms with E-state index in [1.165, 1.54) is 0 Å². The number of carbonyl (C=O) groups is 1. The van der Waals surface area contributed by atoms with Crippen LogP contribution in [-0.4, -0.2) is 35.3 Å². The summed E-state index contributed by atoms with van der Waals surface area (Å²) in [4.78, 5) is 19.7. The van der Waals surface area contributed by atoms with Gasteiger partial charge in [-0.05, 0) is 25.3 Å². The van der Waals surface area contributed by atoms with Crippen LogP contribution in [0.5, 0.6) is 0 Å². The first-order chi connectivity index (χ1) is 12.5. The number of aromatic amines is 1. The molecule has 2 N–H and O–H groups in total. The molecule has 1 aliphatic rings. The maximum Gasteiger partial charge on any atom is 0.221 e. The second kappa shape index (κ2) is 8.03. The summed E-state index contributed by atoms with van der Waals surface area (Å²) in [5.41, 5.74) is 1.90. The van der Waals surface area contributed by atoms with Gasteiger partial charge in [0.05, 0.1) is 28.9 Å². The number of imidazole rings is 1. The minimum atomic E-state index is -3.17. The van der Waals surface area contributed by atoms with Gasteiger partial charge in [0, 0.05) is 6.42 Å². The first-order valence-corrected chi connectivity index (χ1v) is 10.8. The van der Waals surface area contributed by atoms with E-state index in [0.717, 1.165) is 36.9 Å². The number of nitrogens with zero attached hydrogens (tertiary/aromatic N) is 1. The average Bonchev–Trinajstić information content (AvgIpc) is 3.33. The highest BCUT2D eigenvalue weighted by atomic mass is 32.2. The number of rotatable bonds is 7. The van der Waals surface area contributed by atoms with Gasteiger partial charge in [-0.3, -0.25) is 4.79 Å². The average molecular weight is 375 g/mol. The maximum absolute atomic E-state index is 12.3. The molecule has 140 valence electrons. The Morgan fingerprint density at radius 1 is 1.27 bits per heavy atom. The molecule has 0 aliphatic heterocycles. The summed E-state index contributed by atoms with van der Waals surface area (Å²) in [7, 11) is -3.17. The van der Waals surface area contributed by atoms with Crippen LogP contribution in [-0.2, 0) is 14.6 Å². The Bertz CT molecular complexity index is 840. The van der Waals surface area contributed by atoms with Crippen molar-refractivity contribution in [3.8, 4) is 11.3 Å². The predicted molar refractivity (Wildman–Crippen MR) is 101 cm³/mol. The summed E-state index contributed by atoms with van der Waals surface area (Å²) >= 11 is 0. The number of H-pyrrole nitrogens is 1. The summed E-state index contributed by atoms with van der Waals surface area (Å²) in [5.74, 6) is 0.302. The van der Waals surface area contributed by atoms with Gasteiger partial charge in [0.15, 0.2) is 9.84 Å². The zero-order chi connectivity index (χ0) is 18.6. The van der Waals surface area contributed by atoms with Crippen molar-refractivity contribution in [3.63, 3.8) is 0 Å². The Hall–Kier alpha value is -2.15. The lowest BCUT2D eigenvalue weighted by Gasteiger charge is -2.13. The lowest BCUT2D eigenvalue weighted by atomic mass is 10.2. The van der Waals surface area contributed by atoms with E-state index in [-0.39, 0.29) is 29.4 Å². The first-order valence-electron chi connectivity index (χ1n) is 9.07. The Morgan fingerprint density at radius 2 is 1.96 bits per heavy atom. The number of aromatic nitrogens is 2. The SMILES string of the molecule is C[C@@H](NC(=O)CCS(=O)(=O)C1CCCC1)c1ncc(-c2ccccc2)[nH]1. The Kier molecular flexibility index (Phi) is 5.76. The highest BCUT2D eigenvalue weighted by molar-refractivity contribution is 7.92. The zero-order valence-electron chi connectivity index (χ0n) is 14.9. The van der Waals surface area contributed by atoms with E-state index in [1.54, 1.807) is 6.20 Å². The molecule has 1 amide bonds. The molecule has 0 radical (unpaired) electrons. The second-order valence-corrected chi connectivity index (χ2v) is 9.26. The van der Waals surface area contributed by atoms with Crippen molar-refractivity contribution in [2.75, 3.05) is 5.75 Å². The number of carbonyl (C=O) groups excluding carboxylic acids is 1. The third-order valence-electron chi connectivity index (χ3n) is 4.89. The molecular weight excluding hydrogens is 350 g/mol. The van der Waals surface area contributed by atoms with E-state index in [1.807, 2.05) is 37.3 Å². The minimum absolute atomic E-state index is 0.00454. The normalized spacial score (nSPS) is 16.5. The molecule has 1 atom stereocenters. The van der Waals surface area contributed by atoms with Crippen molar-refractivity contribution in [3.05, 3.63) is 42.4 Å². The predicted octanol–water partition coefficient (Wildman–Crippen LogP) is 3.00. The molecule has 2 aromatic rings. The van der Waals surface area contributed by atoms with Crippen molar-refractivity contribution in [1.29, 1.82) is 0 Å². The molecule has 1 aliphatic carbocycles. The first kappa shape index (κ1) is 18.6. The van der Waals surface area contributed by atoms with E-state index < -0.39 is 9.84 Å². The molecule has 0 saturated heterocycles. The summed E-state index contributed by atoms with van der Waals surface area (Å²) in [6.07, 6.45) is 5.13. The summed E-state index contributed by atoms with van der Waals surface area (Å²) in [5, 5.41) is 2.57. The largest absolute Gasteiger partial charge is 0.346 e. The number of hydrogen-bond acceptors (Lipinski definition) is 4. The molecule has 1 fully saturated rings. The van der Waals surface area contributed by atoms with Crippen LogP contribution < -0.4 is 5.32 Å². The van der Waals surface area contributed by atoms with E-state index >= 15 is 0 Å². The van der Waals surface area contributed by atoms with Crippen LogP contribution in [0.3, 0.4) is 0 Å². The summed E-state index contributed by atoms with van der Waals surface area (Å²) in [6, 6.07) is 9.50. The Balaban J connectivity index is 1.54. The number of hydrogen-bond donors (Lipinski definition) is 2. The monoisotopic (exact) mass is 375 g/mol. The summed E-state index contributed by atoms with van der Waals surface area (Å²) < 4.78 is 24.5. The minimum Gasteiger partial charge on any atom is -0.346 e. The molecule has 1 aromatic carbocycles. The van der Waals surface area contributed by atoms with Gasteiger partial charge in [-0.1, -0.05) is 43.2 Å². The lowest BCUT2D eigenvalue weighted by Crippen LogP contribution is -2.30. The van der Waals surface area contributed by atoms with Crippen LogP contribution >= 0.6 is 0 Å². The van der Waals surface area contributed by atoms with Gasteiger partial charge in [-0.15, -0.1) is 0 Å². The molecule has 0 bridgehead atoms. The Labute approximate surface area is 154 Å². The van der Waals surface area contributed by atoms with Gasteiger partial charge < -0.3 is 10.3 Å². The van der Waals surface area contributed by atoms with E-state index in [4.69, 9.17) is 0 Å². The van der Waals surface area contributed by atoms with Crippen molar-refractivity contribution in [1.82, 2.24) is 15.3 Å². The quantitative estimate of drug-likeness (QED) is 0.778. The maximum atomic E-state index is 12.3. The molecule has 1 saturated carbocycles. The summed E-state index contributed by atoms with van der Waals surface area (Å²) in [6.45, 7) is 1.83. The molecule has 7 heteroatoms. The number of amides is 1. The molecule has 0 spiro atoms. The highest BCUT2D eigenvalue weighted by Gasteiger charge is 2.29. The van der Waals surface area contributed by atoms with Gasteiger partial charge in [0.2, 0.25) is 5.91 Å². The molecular formula is C19H25N3O3S. The fraction of sp³-hybridized carbons (Fsp3) is 0.474. The smallest absolute Gasteiger partial charge is 0.221 e. The number of benzene rings is 1. The lowest BCUT2D eigenvalue weighted by molar-refractivity contribution is -0.121. The number of sulfone groups is 1. The van der Waals surface area contributed by atoms with Gasteiger partial charge in [-0.25, -0.2) is 13.4 Å². The Morgan fingerprint density at radius 3 is 2.65 bits per heavy atom. The van der Waals surface area contributed by atoms with Crippen molar-refractivity contribution >= 4 is 15.7 Å². The van der Waals surface area contributed by atoms with Crippen LogP contribution in [0.15, 0.2) is 36.5 Å². The van der Waals surface area contributed by atoms with E-state index in [2.05, 4.69) is 15.3 Å². The molecule has 6 nitrogen and oxygen atoms in total. The third-order valence-corrected chi connectivity index (χ3v) is 7.15. The van der Waals surface area contributed by atoms with E-state index in [9.17, 15) is 13.2 Å². The van der Waals surface area contributed by atoms with Crippen LogP contribution in [0.4, 0.5) is 0 Å². The van der Waals surface area contributed by atoms with Crippen molar-refractivity contribution in [2.24, 2.45) is 0 Å². The van der Waals surface area contributed by atoms with Gasteiger partial charge in [0.25, 0.3) is 0 Å². The van der Waals surface area contributed by atoms with Crippen LogP contribution in [0.2, 0.25) is 0 Å². The third kappa shape index (κ3) is 4.52. The van der Waals surface area contributed by atoms with Crippen LogP contribution in [0.25, 0.3) is 11.3 Å². The zero-order valence-corrected chi connectivity index (χ0v) is 15.8. The molecule has 26 heavy (non-hydrogen) atoms. The van der Waals surface area contributed by atoms with E-state index in [0.29, 0.717) is 5.82 Å². The molecule has 3 rings (SSSR count). The van der Waals surface area contributed by atoms with Crippen LogP contribution in [0, 0.1) is 0 Å².